The molecule has 1 aromatic heterocycles. The Labute approximate surface area is 161 Å². The van der Waals surface area contributed by atoms with Gasteiger partial charge in [-0.2, -0.15) is 0 Å². The molecule has 1 aliphatic carbocycles. The first-order valence-electron chi connectivity index (χ1n) is 8.87. The maximum Gasteiger partial charge on any atom is 0.228 e. The Bertz CT molecular complexity index is 823. The molecule has 2 aliphatic rings. The maximum absolute atomic E-state index is 13.1. The number of carbonyl (C=O) groups excluding carboxylic acids is 2. The van der Waals surface area contributed by atoms with E-state index in [2.05, 4.69) is 20.9 Å². The van der Waals surface area contributed by atoms with Crippen LogP contribution in [0.2, 0.25) is 0 Å². The molecule has 6 heteroatoms. The van der Waals surface area contributed by atoms with Gasteiger partial charge in [0.1, 0.15) is 0 Å². The SMILES string of the molecule is O=C1C[C@H](C(=O)N(Cc2cccnc2)C2CC2)CN1c1cccc(Br)c1. The Hall–Kier alpha value is -2.21. The highest BCUT2D eigenvalue weighted by Gasteiger charge is 2.41. The average Bonchev–Trinajstić information content (AvgIpc) is 3.41. The first-order valence-corrected chi connectivity index (χ1v) is 9.66. The van der Waals surface area contributed by atoms with E-state index in [4.69, 9.17) is 0 Å². The fraction of sp³-hybridized carbons (Fsp3) is 0.350. The second-order valence-corrected chi connectivity index (χ2v) is 7.86. The molecule has 2 amide bonds. The zero-order valence-electron chi connectivity index (χ0n) is 14.3. The second kappa shape index (κ2) is 7.19. The van der Waals surface area contributed by atoms with Crippen molar-refractivity contribution in [3.8, 4) is 0 Å². The van der Waals surface area contributed by atoms with Crippen molar-refractivity contribution in [2.75, 3.05) is 11.4 Å². The van der Waals surface area contributed by atoms with Crippen LogP contribution < -0.4 is 4.90 Å². The van der Waals surface area contributed by atoms with Crippen molar-refractivity contribution in [3.63, 3.8) is 0 Å². The maximum atomic E-state index is 13.1. The van der Waals surface area contributed by atoms with Crippen LogP contribution in [-0.2, 0) is 16.1 Å². The molecular formula is C20H20BrN3O2. The van der Waals surface area contributed by atoms with Gasteiger partial charge in [-0.25, -0.2) is 0 Å². The molecule has 5 nitrogen and oxygen atoms in total. The summed E-state index contributed by atoms with van der Waals surface area (Å²) in [5.41, 5.74) is 1.87. The van der Waals surface area contributed by atoms with Crippen molar-refractivity contribution >= 4 is 33.4 Å². The fourth-order valence-corrected chi connectivity index (χ4v) is 3.85. The second-order valence-electron chi connectivity index (χ2n) is 6.94. The summed E-state index contributed by atoms with van der Waals surface area (Å²) in [4.78, 5) is 33.4. The number of pyridine rings is 1. The fourth-order valence-electron chi connectivity index (χ4n) is 3.46. The van der Waals surface area contributed by atoms with Crippen molar-refractivity contribution in [1.29, 1.82) is 0 Å². The Kier molecular flexibility index (Phi) is 4.76. The van der Waals surface area contributed by atoms with Gasteiger partial charge in [0.25, 0.3) is 0 Å². The molecule has 1 saturated heterocycles. The van der Waals surface area contributed by atoms with Gasteiger partial charge < -0.3 is 9.80 Å². The molecule has 134 valence electrons. The number of carbonyl (C=O) groups is 2. The summed E-state index contributed by atoms with van der Waals surface area (Å²) in [6, 6.07) is 11.8. The lowest BCUT2D eigenvalue weighted by Crippen LogP contribution is -2.38. The van der Waals surface area contributed by atoms with E-state index in [1.165, 1.54) is 0 Å². The Morgan fingerprint density at radius 2 is 2.12 bits per heavy atom. The number of hydrogen-bond acceptors (Lipinski definition) is 3. The van der Waals surface area contributed by atoms with E-state index in [0.717, 1.165) is 28.6 Å². The number of anilines is 1. The van der Waals surface area contributed by atoms with Gasteiger partial charge in [-0.1, -0.05) is 28.1 Å². The molecule has 1 aromatic carbocycles. The highest BCUT2D eigenvalue weighted by Crippen LogP contribution is 2.33. The molecule has 2 heterocycles. The molecule has 0 spiro atoms. The van der Waals surface area contributed by atoms with Crippen LogP contribution in [0.1, 0.15) is 24.8 Å². The number of benzene rings is 1. The number of amides is 2. The van der Waals surface area contributed by atoms with Crippen LogP contribution in [0.25, 0.3) is 0 Å². The van der Waals surface area contributed by atoms with Crippen molar-refractivity contribution in [2.45, 2.75) is 31.8 Å². The van der Waals surface area contributed by atoms with Gasteiger partial charge in [0.05, 0.1) is 5.92 Å². The predicted molar refractivity (Wildman–Crippen MR) is 102 cm³/mol. The van der Waals surface area contributed by atoms with E-state index in [1.54, 1.807) is 17.3 Å². The molecule has 1 atom stereocenters. The minimum Gasteiger partial charge on any atom is -0.335 e. The molecule has 2 aromatic rings. The van der Waals surface area contributed by atoms with Gasteiger partial charge in [0, 0.05) is 48.1 Å². The lowest BCUT2D eigenvalue weighted by atomic mass is 10.1. The summed E-state index contributed by atoms with van der Waals surface area (Å²) in [5.74, 6) is -0.181. The zero-order valence-corrected chi connectivity index (χ0v) is 15.9. The van der Waals surface area contributed by atoms with Crippen molar-refractivity contribution < 1.29 is 9.59 Å². The number of hydrogen-bond donors (Lipinski definition) is 0. The van der Waals surface area contributed by atoms with E-state index < -0.39 is 0 Å². The first kappa shape index (κ1) is 17.2. The van der Waals surface area contributed by atoms with Crippen molar-refractivity contribution in [3.05, 3.63) is 58.8 Å². The smallest absolute Gasteiger partial charge is 0.228 e. The van der Waals surface area contributed by atoms with E-state index in [0.29, 0.717) is 19.1 Å². The average molecular weight is 414 g/mol. The normalized spacial score (nSPS) is 19.7. The third-order valence-electron chi connectivity index (χ3n) is 4.94. The highest BCUT2D eigenvalue weighted by molar-refractivity contribution is 9.10. The van der Waals surface area contributed by atoms with Crippen molar-refractivity contribution in [1.82, 2.24) is 9.88 Å². The molecule has 26 heavy (non-hydrogen) atoms. The van der Waals surface area contributed by atoms with Crippen LogP contribution in [0.4, 0.5) is 5.69 Å². The van der Waals surface area contributed by atoms with Crippen LogP contribution in [0.3, 0.4) is 0 Å². The Morgan fingerprint density at radius 3 is 2.81 bits per heavy atom. The molecule has 2 fully saturated rings. The first-order chi connectivity index (χ1) is 12.6. The minimum absolute atomic E-state index is 0.0126. The lowest BCUT2D eigenvalue weighted by Gasteiger charge is -2.25. The lowest BCUT2D eigenvalue weighted by molar-refractivity contribution is -0.137. The number of nitrogens with zero attached hydrogens (tertiary/aromatic N) is 3. The Balaban J connectivity index is 1.49. The minimum atomic E-state index is -0.279. The summed E-state index contributed by atoms with van der Waals surface area (Å²) in [7, 11) is 0. The topological polar surface area (TPSA) is 53.5 Å². The summed E-state index contributed by atoms with van der Waals surface area (Å²) < 4.78 is 0.925. The third-order valence-corrected chi connectivity index (χ3v) is 5.43. The molecule has 1 saturated carbocycles. The van der Waals surface area contributed by atoms with Crippen LogP contribution in [0.5, 0.6) is 0 Å². The van der Waals surface area contributed by atoms with Gasteiger partial charge in [0.15, 0.2) is 0 Å². The zero-order chi connectivity index (χ0) is 18.1. The summed E-state index contributed by atoms with van der Waals surface area (Å²) in [6.07, 6.45) is 5.90. The Morgan fingerprint density at radius 1 is 1.27 bits per heavy atom. The van der Waals surface area contributed by atoms with Crippen molar-refractivity contribution in [2.24, 2.45) is 5.92 Å². The molecule has 0 N–H and O–H groups in total. The van der Waals surface area contributed by atoms with Gasteiger partial charge in [-0.15, -0.1) is 0 Å². The molecule has 1 aliphatic heterocycles. The summed E-state index contributed by atoms with van der Waals surface area (Å²) in [6.45, 7) is 1.02. The monoisotopic (exact) mass is 413 g/mol. The number of aromatic nitrogens is 1. The van der Waals surface area contributed by atoms with E-state index >= 15 is 0 Å². The van der Waals surface area contributed by atoms with E-state index in [1.807, 2.05) is 41.3 Å². The van der Waals surface area contributed by atoms with Crippen LogP contribution >= 0.6 is 15.9 Å². The van der Waals surface area contributed by atoms with Gasteiger partial charge in [-0.05, 0) is 42.7 Å². The molecule has 0 unspecified atom stereocenters. The standard InChI is InChI=1S/C20H20BrN3O2/c21-16-4-1-5-18(10-16)23-13-15(9-19(23)25)20(26)24(17-6-7-17)12-14-3-2-8-22-11-14/h1-5,8,10-11,15,17H,6-7,9,12-13H2/t15-/m0/s1. The predicted octanol–water partition coefficient (Wildman–Crippen LogP) is 3.39. The van der Waals surface area contributed by atoms with Gasteiger partial charge in [0.2, 0.25) is 11.8 Å². The molecular weight excluding hydrogens is 394 g/mol. The third kappa shape index (κ3) is 3.65. The molecule has 0 radical (unpaired) electrons. The van der Waals surface area contributed by atoms with E-state index in [-0.39, 0.29) is 24.2 Å². The number of halogens is 1. The largest absolute Gasteiger partial charge is 0.335 e. The highest BCUT2D eigenvalue weighted by atomic mass is 79.9. The van der Waals surface area contributed by atoms with Crippen LogP contribution in [0.15, 0.2) is 53.3 Å². The molecule has 4 rings (SSSR count). The molecule has 0 bridgehead atoms. The van der Waals surface area contributed by atoms with Gasteiger partial charge >= 0.3 is 0 Å². The summed E-state index contributed by atoms with van der Waals surface area (Å²) >= 11 is 3.44. The van der Waals surface area contributed by atoms with E-state index in [9.17, 15) is 9.59 Å². The van der Waals surface area contributed by atoms with Crippen LogP contribution in [0, 0.1) is 5.92 Å². The van der Waals surface area contributed by atoms with Crippen LogP contribution in [-0.4, -0.2) is 34.3 Å². The quantitative estimate of drug-likeness (QED) is 0.754. The number of rotatable bonds is 5. The summed E-state index contributed by atoms with van der Waals surface area (Å²) in [5, 5.41) is 0. The van der Waals surface area contributed by atoms with Gasteiger partial charge in [-0.3, -0.25) is 14.6 Å².